The number of halogens is 2. The number of alkyl halides is 2. The van der Waals surface area contributed by atoms with Crippen LogP contribution in [0.2, 0.25) is 0 Å². The monoisotopic (exact) mass is 469 g/mol. The average molecular weight is 469 g/mol. The van der Waals surface area contributed by atoms with Gasteiger partial charge in [-0.3, -0.25) is 19.6 Å². The number of carbonyl (C=O) groups excluding carboxylic acids is 3. The van der Waals surface area contributed by atoms with Gasteiger partial charge in [0.25, 0.3) is 18.2 Å². The average Bonchev–Trinajstić information content (AvgIpc) is 2.80. The van der Waals surface area contributed by atoms with E-state index >= 15 is 0 Å². The molecule has 0 aromatic heterocycles. The van der Waals surface area contributed by atoms with Gasteiger partial charge in [-0.05, 0) is 67.3 Å². The van der Waals surface area contributed by atoms with Crippen molar-refractivity contribution in [3.63, 3.8) is 0 Å². The summed E-state index contributed by atoms with van der Waals surface area (Å²) in [6.45, 7) is 1.85. The van der Waals surface area contributed by atoms with E-state index in [9.17, 15) is 28.3 Å². The van der Waals surface area contributed by atoms with Gasteiger partial charge >= 0.3 is 0 Å². The number of phenols is 1. The second-order valence-electron chi connectivity index (χ2n) is 7.27. The number of carbonyl (C=O) groups is 3. The second-order valence-corrected chi connectivity index (χ2v) is 7.27. The van der Waals surface area contributed by atoms with Crippen LogP contribution in [0.3, 0.4) is 0 Å². The first-order valence-electron chi connectivity index (χ1n) is 9.79. The molecular weight excluding hydrogens is 448 g/mol. The van der Waals surface area contributed by atoms with Gasteiger partial charge in [0, 0.05) is 23.6 Å². The van der Waals surface area contributed by atoms with Gasteiger partial charge in [-0.1, -0.05) is 11.8 Å². The van der Waals surface area contributed by atoms with Crippen molar-refractivity contribution >= 4 is 17.7 Å². The van der Waals surface area contributed by atoms with Crippen molar-refractivity contribution in [2.24, 2.45) is 0 Å². The van der Waals surface area contributed by atoms with Crippen molar-refractivity contribution < 1.29 is 33.5 Å². The normalized spacial score (nSPS) is 12.6. The third-order valence-corrected chi connectivity index (χ3v) is 4.64. The largest absolute Gasteiger partial charge is 0.508 e. The molecule has 176 valence electrons. The maximum Gasteiger partial charge on any atom is 0.268 e. The summed E-state index contributed by atoms with van der Waals surface area (Å²) in [6, 6.07) is 9.98. The summed E-state index contributed by atoms with van der Waals surface area (Å²) in [5.74, 6) is 7.90. The van der Waals surface area contributed by atoms with Crippen molar-refractivity contribution in [2.75, 3.05) is 0 Å². The maximum atomic E-state index is 13.7. The van der Waals surface area contributed by atoms with Crippen LogP contribution in [0.15, 0.2) is 48.5 Å². The van der Waals surface area contributed by atoms with E-state index in [2.05, 4.69) is 29.0 Å². The minimum Gasteiger partial charge on any atom is -0.508 e. The number of aromatic hydroxyl groups is 1. The zero-order valence-electron chi connectivity index (χ0n) is 18.1. The van der Waals surface area contributed by atoms with Gasteiger partial charge in [0.1, 0.15) is 17.3 Å². The van der Waals surface area contributed by atoms with Crippen LogP contribution in [0.1, 0.15) is 35.3 Å². The molecule has 0 saturated heterocycles. The molecule has 34 heavy (non-hydrogen) atoms. The van der Waals surface area contributed by atoms with Gasteiger partial charge in [0.05, 0.1) is 0 Å². The zero-order chi connectivity index (χ0) is 25.3. The summed E-state index contributed by atoms with van der Waals surface area (Å²) in [4.78, 5) is 36.0. The van der Waals surface area contributed by atoms with Crippen LogP contribution in [0.4, 0.5) is 8.78 Å². The van der Waals surface area contributed by atoms with Crippen molar-refractivity contribution in [3.05, 3.63) is 65.2 Å². The quantitative estimate of drug-likeness (QED) is 0.249. The van der Waals surface area contributed by atoms with Crippen LogP contribution in [-0.4, -0.2) is 46.0 Å². The van der Waals surface area contributed by atoms with Crippen LogP contribution in [0, 0.1) is 23.7 Å². The molecule has 2 atom stereocenters. The van der Waals surface area contributed by atoms with E-state index in [1.807, 2.05) is 5.32 Å². The highest BCUT2D eigenvalue weighted by Gasteiger charge is 2.48. The lowest BCUT2D eigenvalue weighted by Crippen LogP contribution is -2.68. The number of hydrogen-bond acceptors (Lipinski definition) is 5. The molecule has 2 aromatic carbocycles. The lowest BCUT2D eigenvalue weighted by molar-refractivity contribution is -0.137. The number of nitrogens with one attached hydrogen (secondary N) is 3. The molecule has 0 bridgehead atoms. The van der Waals surface area contributed by atoms with Gasteiger partial charge < -0.3 is 15.7 Å². The minimum absolute atomic E-state index is 0.0240. The molecule has 0 aliphatic carbocycles. The van der Waals surface area contributed by atoms with E-state index in [-0.39, 0.29) is 11.3 Å². The van der Waals surface area contributed by atoms with Crippen molar-refractivity contribution in [1.82, 2.24) is 16.1 Å². The molecule has 10 heteroatoms. The molecule has 0 aliphatic heterocycles. The van der Waals surface area contributed by atoms with Crippen LogP contribution >= 0.6 is 0 Å². The summed E-state index contributed by atoms with van der Waals surface area (Å²) >= 11 is 0. The molecular formula is C24H21F2N3O5. The first-order chi connectivity index (χ1) is 16.1. The number of rotatable bonds is 6. The van der Waals surface area contributed by atoms with Crippen LogP contribution in [0.25, 0.3) is 0 Å². The fraction of sp³-hybridized carbons (Fsp3) is 0.208. The molecule has 3 amide bonds. The highest BCUT2D eigenvalue weighted by molar-refractivity contribution is 5.98. The van der Waals surface area contributed by atoms with Gasteiger partial charge in [0.15, 0.2) is 0 Å². The first-order valence-corrected chi connectivity index (χ1v) is 9.79. The lowest BCUT2D eigenvalue weighted by atomic mass is 9.91. The highest BCUT2D eigenvalue weighted by atomic mass is 19.3. The smallest absolute Gasteiger partial charge is 0.268 e. The Morgan fingerprint density at radius 2 is 1.44 bits per heavy atom. The fourth-order valence-electron chi connectivity index (χ4n) is 2.86. The summed E-state index contributed by atoms with van der Waals surface area (Å²) in [6.07, 6.45) is -3.25. The Balaban J connectivity index is 2.17. The van der Waals surface area contributed by atoms with E-state index < -0.39 is 35.7 Å². The van der Waals surface area contributed by atoms with Crippen LogP contribution in [0.5, 0.6) is 5.75 Å². The number of amides is 3. The Morgan fingerprint density at radius 3 is 1.88 bits per heavy atom. The first kappa shape index (κ1) is 25.8. The molecule has 0 fully saturated rings. The predicted octanol–water partition coefficient (Wildman–Crippen LogP) is 1.56. The zero-order valence-corrected chi connectivity index (χ0v) is 18.1. The van der Waals surface area contributed by atoms with Gasteiger partial charge in [-0.2, -0.15) is 0 Å². The van der Waals surface area contributed by atoms with Crippen molar-refractivity contribution in [3.8, 4) is 29.4 Å². The molecule has 2 aromatic rings. The molecule has 8 nitrogen and oxygen atoms in total. The number of hydrogen-bond donors (Lipinski definition) is 5. The van der Waals surface area contributed by atoms with E-state index in [1.165, 1.54) is 41.9 Å². The molecule has 0 saturated carbocycles. The van der Waals surface area contributed by atoms with Crippen molar-refractivity contribution in [1.29, 1.82) is 0 Å². The van der Waals surface area contributed by atoms with E-state index in [0.29, 0.717) is 11.1 Å². The van der Waals surface area contributed by atoms with Crippen molar-refractivity contribution in [2.45, 2.75) is 31.9 Å². The fourth-order valence-corrected chi connectivity index (χ4v) is 2.86. The summed E-state index contributed by atoms with van der Waals surface area (Å²) in [5, 5.41) is 22.3. The van der Waals surface area contributed by atoms with E-state index in [0.717, 1.165) is 13.8 Å². The molecule has 0 aliphatic rings. The topological polar surface area (TPSA) is 128 Å². The Bertz CT molecular complexity index is 1180. The third-order valence-electron chi connectivity index (χ3n) is 4.64. The number of hydroxylamine groups is 1. The van der Waals surface area contributed by atoms with E-state index in [1.54, 1.807) is 12.1 Å². The lowest BCUT2D eigenvalue weighted by Gasteiger charge is -2.36. The summed E-state index contributed by atoms with van der Waals surface area (Å²) in [5.41, 5.74) is -0.0664. The SMILES string of the molecule is CC(=O)NC(C)(C(F)F)C(NC(=O)c1ccc(C#CC#Cc2ccc(O)cc2)cc1)C(=O)NO. The molecule has 0 radical (unpaired) electrons. The maximum absolute atomic E-state index is 13.7. The molecule has 2 unspecified atom stereocenters. The van der Waals surface area contributed by atoms with Gasteiger partial charge in [0.2, 0.25) is 5.91 Å². The number of phenolic OH excluding ortho intramolecular Hbond substituents is 1. The van der Waals surface area contributed by atoms with Crippen LogP contribution in [-0.2, 0) is 9.59 Å². The number of benzene rings is 2. The van der Waals surface area contributed by atoms with Gasteiger partial charge in [-0.15, -0.1) is 0 Å². The van der Waals surface area contributed by atoms with Crippen LogP contribution < -0.4 is 16.1 Å². The minimum atomic E-state index is -3.25. The molecule has 0 heterocycles. The second kappa shape index (κ2) is 11.5. The molecule has 2 rings (SSSR count). The Hall–Kier alpha value is -4.41. The highest BCUT2D eigenvalue weighted by Crippen LogP contribution is 2.21. The Labute approximate surface area is 194 Å². The Morgan fingerprint density at radius 1 is 0.941 bits per heavy atom. The Kier molecular flexibility index (Phi) is 8.71. The predicted molar refractivity (Wildman–Crippen MR) is 118 cm³/mol. The summed E-state index contributed by atoms with van der Waals surface area (Å²) in [7, 11) is 0. The summed E-state index contributed by atoms with van der Waals surface area (Å²) < 4.78 is 27.4. The molecule has 5 N–H and O–H groups in total. The standard InChI is InChI=1S/C24H21F2N3O5/c1-15(30)28-24(2,23(25)26)20(22(33)29-34)27-21(32)18-11-7-16(8-12-18)5-3-4-6-17-9-13-19(31)14-10-17/h7-14,20,23,31,34H,1-2H3,(H,27,32)(H,28,30)(H,29,33). The molecule has 0 spiro atoms. The van der Waals surface area contributed by atoms with E-state index in [4.69, 9.17) is 5.21 Å². The van der Waals surface area contributed by atoms with Gasteiger partial charge in [-0.25, -0.2) is 14.3 Å². The third kappa shape index (κ3) is 6.79.